The molecule has 4 aromatic carbocycles. The van der Waals surface area contributed by atoms with Crippen molar-refractivity contribution < 1.29 is 19.4 Å². The zero-order chi connectivity index (χ0) is 29.5. The molecule has 0 saturated heterocycles. The van der Waals surface area contributed by atoms with Crippen molar-refractivity contribution in [1.82, 2.24) is 15.6 Å². The van der Waals surface area contributed by atoms with Crippen LogP contribution in [0, 0.1) is 20.8 Å². The number of oxazole rings is 1. The van der Waals surface area contributed by atoms with E-state index >= 15 is 0 Å². The summed E-state index contributed by atoms with van der Waals surface area (Å²) in [6, 6.07) is 24.8. The number of aromatic nitrogens is 1. The van der Waals surface area contributed by atoms with Gasteiger partial charge in [0.05, 0.1) is 13.2 Å². The minimum absolute atomic E-state index is 0.112. The maximum absolute atomic E-state index is 9.04. The molecule has 42 heavy (non-hydrogen) atoms. The number of ether oxygens (including phenoxy) is 1. The van der Waals surface area contributed by atoms with Crippen LogP contribution in [0.4, 0.5) is 0 Å². The normalized spacial score (nSPS) is 11.4. The maximum Gasteiger partial charge on any atom is 0.227 e. The van der Waals surface area contributed by atoms with Crippen LogP contribution < -0.4 is 15.4 Å². The molecule has 0 aliphatic rings. The van der Waals surface area contributed by atoms with E-state index in [-0.39, 0.29) is 13.2 Å². The lowest BCUT2D eigenvalue weighted by atomic mass is 9.93. The van der Waals surface area contributed by atoms with Crippen LogP contribution in [0.3, 0.4) is 0 Å². The molecule has 0 spiro atoms. The molecule has 0 aliphatic carbocycles. The van der Waals surface area contributed by atoms with Crippen LogP contribution in [0.15, 0.2) is 77.2 Å². The van der Waals surface area contributed by atoms with Gasteiger partial charge in [-0.05, 0) is 84.0 Å². The predicted octanol–water partition coefficient (Wildman–Crippen LogP) is 5.83. The van der Waals surface area contributed by atoms with Crippen molar-refractivity contribution in [1.29, 1.82) is 0 Å². The standard InChI is InChI=1S/C35H39N3O4/c1-23-18-27(21-37-15-17-40)10-13-33(23)41-22-29-8-5-9-30(24(29)2)31-11-12-32-34(25(31)3)42-35(38-32)28-7-4-6-26(19-28)20-36-14-16-39/h4-13,18-19,36-37,39-40H,14-17,20-22H2,1-3H3. The van der Waals surface area contributed by atoms with Crippen LogP contribution in [0.5, 0.6) is 5.75 Å². The van der Waals surface area contributed by atoms with E-state index in [4.69, 9.17) is 24.4 Å². The average Bonchev–Trinajstić information content (AvgIpc) is 3.44. The number of aryl methyl sites for hydroxylation is 2. The number of hydrogen-bond donors (Lipinski definition) is 4. The van der Waals surface area contributed by atoms with Gasteiger partial charge in [0.1, 0.15) is 17.9 Å². The summed E-state index contributed by atoms with van der Waals surface area (Å²) in [5.74, 6) is 1.46. The average molecular weight is 566 g/mol. The van der Waals surface area contributed by atoms with Crippen LogP contribution in [0.25, 0.3) is 33.7 Å². The second-order valence-electron chi connectivity index (χ2n) is 10.6. The van der Waals surface area contributed by atoms with Gasteiger partial charge in [-0.15, -0.1) is 0 Å². The van der Waals surface area contributed by atoms with E-state index in [1.807, 2.05) is 30.3 Å². The van der Waals surface area contributed by atoms with E-state index < -0.39 is 0 Å². The number of hydrogen-bond acceptors (Lipinski definition) is 7. The van der Waals surface area contributed by atoms with Gasteiger partial charge in [0.15, 0.2) is 5.58 Å². The van der Waals surface area contributed by atoms with Gasteiger partial charge in [0, 0.05) is 37.3 Å². The van der Waals surface area contributed by atoms with Gasteiger partial charge in [-0.3, -0.25) is 0 Å². The Labute approximate surface area is 247 Å². The fourth-order valence-corrected chi connectivity index (χ4v) is 5.25. The summed E-state index contributed by atoms with van der Waals surface area (Å²) in [6.45, 7) is 9.52. The lowest BCUT2D eigenvalue weighted by molar-refractivity contribution is 0.291. The first-order chi connectivity index (χ1) is 20.5. The highest BCUT2D eigenvalue weighted by atomic mass is 16.5. The van der Waals surface area contributed by atoms with Crippen LogP contribution in [-0.2, 0) is 19.7 Å². The minimum Gasteiger partial charge on any atom is -0.489 e. The number of nitrogens with zero attached hydrogens (tertiary/aromatic N) is 1. The number of fused-ring (bicyclic) bond motifs is 1. The van der Waals surface area contributed by atoms with Crippen molar-refractivity contribution in [2.24, 2.45) is 0 Å². The van der Waals surface area contributed by atoms with Crippen molar-refractivity contribution >= 4 is 11.1 Å². The Balaban J connectivity index is 1.36. The monoisotopic (exact) mass is 565 g/mol. The number of rotatable bonds is 13. The summed E-state index contributed by atoms with van der Waals surface area (Å²) in [4.78, 5) is 4.79. The Morgan fingerprint density at radius 3 is 2.21 bits per heavy atom. The summed E-state index contributed by atoms with van der Waals surface area (Å²) >= 11 is 0. The van der Waals surface area contributed by atoms with Crippen molar-refractivity contribution in [3.05, 3.63) is 106 Å². The lowest BCUT2D eigenvalue weighted by Gasteiger charge is -2.16. The molecule has 4 N–H and O–H groups in total. The summed E-state index contributed by atoms with van der Waals surface area (Å²) in [6.07, 6.45) is 0. The molecule has 0 saturated carbocycles. The summed E-state index contributed by atoms with van der Waals surface area (Å²) in [7, 11) is 0. The Morgan fingerprint density at radius 2 is 1.48 bits per heavy atom. The molecule has 0 amide bonds. The van der Waals surface area contributed by atoms with E-state index in [9.17, 15) is 0 Å². The lowest BCUT2D eigenvalue weighted by Crippen LogP contribution is -2.17. The summed E-state index contributed by atoms with van der Waals surface area (Å²) < 4.78 is 12.6. The van der Waals surface area contributed by atoms with Crippen LogP contribution >= 0.6 is 0 Å². The molecule has 0 radical (unpaired) electrons. The minimum atomic E-state index is 0.112. The predicted molar refractivity (Wildman–Crippen MR) is 167 cm³/mol. The largest absolute Gasteiger partial charge is 0.489 e. The smallest absolute Gasteiger partial charge is 0.227 e. The van der Waals surface area contributed by atoms with Gasteiger partial charge >= 0.3 is 0 Å². The highest BCUT2D eigenvalue weighted by Crippen LogP contribution is 2.35. The molecule has 0 unspecified atom stereocenters. The molecular weight excluding hydrogens is 526 g/mol. The topological polar surface area (TPSA) is 99.8 Å². The second-order valence-corrected chi connectivity index (χ2v) is 10.6. The highest BCUT2D eigenvalue weighted by molar-refractivity contribution is 5.87. The third-order valence-electron chi connectivity index (χ3n) is 7.57. The van der Waals surface area contributed by atoms with E-state index in [2.05, 4.69) is 73.9 Å². The van der Waals surface area contributed by atoms with E-state index in [1.54, 1.807) is 0 Å². The molecule has 1 heterocycles. The van der Waals surface area contributed by atoms with Crippen molar-refractivity contribution in [3.8, 4) is 28.3 Å². The molecule has 5 rings (SSSR count). The second kappa shape index (κ2) is 13.8. The Kier molecular flexibility index (Phi) is 9.66. The van der Waals surface area contributed by atoms with E-state index in [0.29, 0.717) is 38.7 Å². The highest BCUT2D eigenvalue weighted by Gasteiger charge is 2.16. The SMILES string of the molecule is Cc1cc(CNCCO)ccc1OCc1cccc(-c2ccc3nc(-c4cccc(CNCCO)c4)oc3c2C)c1C. The van der Waals surface area contributed by atoms with Gasteiger partial charge in [-0.1, -0.05) is 48.5 Å². The van der Waals surface area contributed by atoms with Gasteiger partial charge < -0.3 is 30.0 Å². The van der Waals surface area contributed by atoms with Crippen molar-refractivity contribution in [2.75, 3.05) is 26.3 Å². The molecule has 7 heteroatoms. The van der Waals surface area contributed by atoms with Gasteiger partial charge in [0.2, 0.25) is 5.89 Å². The molecule has 5 aromatic rings. The molecule has 1 aromatic heterocycles. The molecular formula is C35H39N3O4. The fourth-order valence-electron chi connectivity index (χ4n) is 5.25. The van der Waals surface area contributed by atoms with Gasteiger partial charge in [-0.2, -0.15) is 0 Å². The molecule has 0 aliphatic heterocycles. The number of aliphatic hydroxyl groups excluding tert-OH is 2. The van der Waals surface area contributed by atoms with Crippen molar-refractivity contribution in [2.45, 2.75) is 40.5 Å². The van der Waals surface area contributed by atoms with E-state index in [1.165, 1.54) is 5.56 Å². The molecule has 0 atom stereocenters. The fraction of sp³-hybridized carbons (Fsp3) is 0.286. The van der Waals surface area contributed by atoms with Crippen molar-refractivity contribution in [3.63, 3.8) is 0 Å². The number of benzene rings is 4. The van der Waals surface area contributed by atoms with Gasteiger partial charge in [0.25, 0.3) is 0 Å². The first-order valence-corrected chi connectivity index (χ1v) is 14.4. The molecule has 0 fully saturated rings. The number of nitrogens with one attached hydrogen (secondary N) is 2. The Morgan fingerprint density at radius 1 is 0.762 bits per heavy atom. The number of aliphatic hydroxyl groups is 2. The first-order valence-electron chi connectivity index (χ1n) is 14.4. The zero-order valence-electron chi connectivity index (χ0n) is 24.5. The third kappa shape index (κ3) is 6.72. The van der Waals surface area contributed by atoms with Crippen LogP contribution in [0.1, 0.15) is 33.4 Å². The van der Waals surface area contributed by atoms with Crippen LogP contribution in [-0.4, -0.2) is 41.5 Å². The Bertz CT molecular complexity index is 1660. The molecule has 0 bridgehead atoms. The van der Waals surface area contributed by atoms with Gasteiger partial charge in [-0.25, -0.2) is 4.98 Å². The van der Waals surface area contributed by atoms with E-state index in [0.717, 1.165) is 61.4 Å². The Hall–Kier alpha value is -4.01. The summed E-state index contributed by atoms with van der Waals surface area (Å²) in [5.41, 5.74) is 11.5. The zero-order valence-corrected chi connectivity index (χ0v) is 24.5. The maximum atomic E-state index is 9.04. The molecule has 7 nitrogen and oxygen atoms in total. The quantitative estimate of drug-likeness (QED) is 0.133. The summed E-state index contributed by atoms with van der Waals surface area (Å²) in [5, 5.41) is 24.4. The molecule has 218 valence electrons. The van der Waals surface area contributed by atoms with Crippen LogP contribution in [0.2, 0.25) is 0 Å². The first kappa shape index (κ1) is 29.5. The third-order valence-corrected chi connectivity index (χ3v) is 7.57.